The lowest BCUT2D eigenvalue weighted by Gasteiger charge is -2.19. The van der Waals surface area contributed by atoms with E-state index in [0.717, 1.165) is 22.2 Å². The van der Waals surface area contributed by atoms with Gasteiger partial charge in [0.1, 0.15) is 17.2 Å². The number of aryl methyl sites for hydroxylation is 1. The molecule has 8 heteroatoms. The highest BCUT2D eigenvalue weighted by atomic mass is 16.5. The summed E-state index contributed by atoms with van der Waals surface area (Å²) in [5.74, 6) is 0.868. The Kier molecular flexibility index (Phi) is 6.89. The SMILES string of the molecule is CCc1nc2ccc(C(=O)NCCc3c[nH]c4ccccc34)cn2c1N(C)C(=O)COc1ccccc1. The Morgan fingerprint density at radius 2 is 1.84 bits per heavy atom. The van der Waals surface area contributed by atoms with E-state index in [0.29, 0.717) is 42.2 Å². The van der Waals surface area contributed by atoms with Gasteiger partial charge in [0.2, 0.25) is 0 Å². The number of para-hydroxylation sites is 2. The van der Waals surface area contributed by atoms with Gasteiger partial charge in [-0.25, -0.2) is 4.98 Å². The molecule has 0 saturated carbocycles. The zero-order chi connectivity index (χ0) is 25.8. The van der Waals surface area contributed by atoms with Gasteiger partial charge in [0.05, 0.1) is 11.3 Å². The van der Waals surface area contributed by atoms with Crippen molar-refractivity contribution in [3.05, 3.63) is 95.9 Å². The van der Waals surface area contributed by atoms with Crippen LogP contribution >= 0.6 is 0 Å². The highest BCUT2D eigenvalue weighted by Crippen LogP contribution is 2.24. The predicted molar refractivity (Wildman–Crippen MR) is 144 cm³/mol. The molecule has 188 valence electrons. The van der Waals surface area contributed by atoms with E-state index in [-0.39, 0.29) is 18.4 Å². The van der Waals surface area contributed by atoms with Crippen LogP contribution in [0, 0.1) is 0 Å². The second-order valence-corrected chi connectivity index (χ2v) is 8.80. The van der Waals surface area contributed by atoms with Crippen LogP contribution in [0.15, 0.2) is 79.1 Å². The molecule has 0 fully saturated rings. The van der Waals surface area contributed by atoms with E-state index in [1.54, 1.807) is 34.7 Å². The lowest BCUT2D eigenvalue weighted by atomic mass is 10.1. The van der Waals surface area contributed by atoms with Crippen LogP contribution in [0.2, 0.25) is 0 Å². The van der Waals surface area contributed by atoms with Gasteiger partial charge in [0.15, 0.2) is 6.61 Å². The van der Waals surface area contributed by atoms with Gasteiger partial charge in [-0.2, -0.15) is 0 Å². The second kappa shape index (κ2) is 10.6. The van der Waals surface area contributed by atoms with Crippen LogP contribution in [-0.2, 0) is 17.6 Å². The minimum atomic E-state index is -0.214. The number of fused-ring (bicyclic) bond motifs is 2. The number of hydrogen-bond donors (Lipinski definition) is 2. The normalized spacial score (nSPS) is 11.1. The molecule has 0 aliphatic heterocycles. The molecule has 8 nitrogen and oxygen atoms in total. The summed E-state index contributed by atoms with van der Waals surface area (Å²) in [6.07, 6.45) is 5.08. The quantitative estimate of drug-likeness (QED) is 0.317. The van der Waals surface area contributed by atoms with Crippen LogP contribution in [0.5, 0.6) is 5.75 Å². The molecule has 5 rings (SSSR count). The number of nitrogens with zero attached hydrogens (tertiary/aromatic N) is 3. The van der Waals surface area contributed by atoms with E-state index >= 15 is 0 Å². The molecule has 2 amide bonds. The molecule has 5 aromatic rings. The third-order valence-corrected chi connectivity index (χ3v) is 6.41. The van der Waals surface area contributed by atoms with Gasteiger partial charge in [-0.05, 0) is 48.7 Å². The van der Waals surface area contributed by atoms with Gasteiger partial charge in [0, 0.05) is 36.9 Å². The maximum absolute atomic E-state index is 13.0. The average Bonchev–Trinajstić information content (AvgIpc) is 3.52. The fourth-order valence-corrected chi connectivity index (χ4v) is 4.44. The molecule has 0 aliphatic carbocycles. The van der Waals surface area contributed by atoms with Crippen molar-refractivity contribution in [1.29, 1.82) is 0 Å². The maximum atomic E-state index is 13.0. The Balaban J connectivity index is 1.30. The molecule has 0 aliphatic rings. The maximum Gasteiger partial charge on any atom is 0.265 e. The summed E-state index contributed by atoms with van der Waals surface area (Å²) in [6.45, 7) is 2.39. The minimum absolute atomic E-state index is 0.106. The molecule has 0 spiro atoms. The van der Waals surface area contributed by atoms with Gasteiger partial charge in [-0.1, -0.05) is 43.3 Å². The van der Waals surface area contributed by atoms with Gasteiger partial charge in [-0.15, -0.1) is 0 Å². The summed E-state index contributed by atoms with van der Waals surface area (Å²) in [7, 11) is 1.70. The average molecular weight is 496 g/mol. The molecule has 3 aromatic heterocycles. The molecule has 3 heterocycles. The fraction of sp³-hybridized carbons (Fsp3) is 0.207. The predicted octanol–water partition coefficient (Wildman–Crippen LogP) is 4.39. The first-order valence-electron chi connectivity index (χ1n) is 12.3. The second-order valence-electron chi connectivity index (χ2n) is 8.80. The number of benzene rings is 2. The van der Waals surface area contributed by atoms with Crippen molar-refractivity contribution >= 4 is 34.2 Å². The molecule has 0 bridgehead atoms. The van der Waals surface area contributed by atoms with Gasteiger partial charge in [-0.3, -0.25) is 18.9 Å². The summed E-state index contributed by atoms with van der Waals surface area (Å²) in [6, 6.07) is 20.9. The summed E-state index contributed by atoms with van der Waals surface area (Å²) >= 11 is 0. The van der Waals surface area contributed by atoms with Gasteiger partial charge in [0.25, 0.3) is 11.8 Å². The van der Waals surface area contributed by atoms with Crippen LogP contribution in [0.1, 0.15) is 28.5 Å². The van der Waals surface area contributed by atoms with E-state index in [1.165, 1.54) is 0 Å². The molecule has 37 heavy (non-hydrogen) atoms. The number of nitrogens with one attached hydrogen (secondary N) is 2. The lowest BCUT2D eigenvalue weighted by Crippen LogP contribution is -2.33. The molecular formula is C29H29N5O3. The Morgan fingerprint density at radius 1 is 1.05 bits per heavy atom. The number of likely N-dealkylation sites (N-methyl/N-ethyl adjacent to an activating group) is 1. The molecule has 2 aromatic carbocycles. The van der Waals surface area contributed by atoms with Crippen LogP contribution < -0.4 is 15.0 Å². The van der Waals surface area contributed by atoms with Gasteiger partial charge >= 0.3 is 0 Å². The third kappa shape index (κ3) is 5.04. The van der Waals surface area contributed by atoms with Crippen LogP contribution in [0.3, 0.4) is 0 Å². The topological polar surface area (TPSA) is 91.7 Å². The zero-order valence-corrected chi connectivity index (χ0v) is 20.9. The standard InChI is InChI=1S/C29H29N5O3/c1-3-24-29(33(2)27(35)19-37-22-9-5-4-6-10-22)34-18-21(13-14-26(34)32-24)28(36)30-16-15-20-17-31-25-12-8-7-11-23(20)25/h4-14,17-18,31H,3,15-16,19H2,1-2H3,(H,30,36). The number of imidazole rings is 1. The number of H-pyrrole nitrogens is 1. The first-order chi connectivity index (χ1) is 18.0. The molecule has 2 N–H and O–H groups in total. The summed E-state index contributed by atoms with van der Waals surface area (Å²) in [5, 5.41) is 4.17. The van der Waals surface area contributed by atoms with E-state index < -0.39 is 0 Å². The van der Waals surface area contributed by atoms with Gasteiger partial charge < -0.3 is 15.0 Å². The molecule has 0 radical (unpaired) electrons. The molecule has 0 saturated heterocycles. The number of amides is 2. The number of aromatic amines is 1. The third-order valence-electron chi connectivity index (χ3n) is 6.41. The number of aromatic nitrogens is 3. The van der Waals surface area contributed by atoms with Crippen molar-refractivity contribution in [3.63, 3.8) is 0 Å². The van der Waals surface area contributed by atoms with E-state index in [1.807, 2.05) is 61.7 Å². The van der Waals surface area contributed by atoms with E-state index in [9.17, 15) is 9.59 Å². The number of anilines is 1. The largest absolute Gasteiger partial charge is 0.484 e. The number of rotatable bonds is 9. The Hall–Kier alpha value is -4.59. The summed E-state index contributed by atoms with van der Waals surface area (Å²) in [5.41, 5.74) is 4.18. The fourth-order valence-electron chi connectivity index (χ4n) is 4.44. The molecule has 0 atom stereocenters. The highest BCUT2D eigenvalue weighted by molar-refractivity contribution is 5.96. The van der Waals surface area contributed by atoms with Crippen molar-refractivity contribution < 1.29 is 14.3 Å². The van der Waals surface area contributed by atoms with Crippen molar-refractivity contribution in [2.75, 3.05) is 25.1 Å². The van der Waals surface area contributed by atoms with Crippen LogP contribution in [0.4, 0.5) is 5.82 Å². The van der Waals surface area contributed by atoms with E-state index in [4.69, 9.17) is 4.74 Å². The molecule has 0 unspecified atom stereocenters. The zero-order valence-electron chi connectivity index (χ0n) is 20.9. The monoisotopic (exact) mass is 495 g/mol. The van der Waals surface area contributed by atoms with Crippen LogP contribution in [0.25, 0.3) is 16.6 Å². The Bertz CT molecular complexity index is 1550. The molecular weight excluding hydrogens is 466 g/mol. The van der Waals surface area contributed by atoms with E-state index in [2.05, 4.69) is 21.4 Å². The van der Waals surface area contributed by atoms with Crippen LogP contribution in [-0.4, -0.2) is 46.4 Å². The smallest absolute Gasteiger partial charge is 0.265 e. The van der Waals surface area contributed by atoms with Crippen molar-refractivity contribution in [2.45, 2.75) is 19.8 Å². The van der Waals surface area contributed by atoms with Crippen molar-refractivity contribution in [2.24, 2.45) is 0 Å². The number of ether oxygens (including phenoxy) is 1. The summed E-state index contributed by atoms with van der Waals surface area (Å²) < 4.78 is 7.45. The highest BCUT2D eigenvalue weighted by Gasteiger charge is 2.21. The van der Waals surface area contributed by atoms with Crippen molar-refractivity contribution in [3.8, 4) is 5.75 Å². The van der Waals surface area contributed by atoms with Crippen molar-refractivity contribution in [1.82, 2.24) is 19.7 Å². The Morgan fingerprint density at radius 3 is 2.65 bits per heavy atom. The Labute approximate surface area is 214 Å². The lowest BCUT2D eigenvalue weighted by molar-refractivity contribution is -0.120. The number of carbonyl (C=O) groups excluding carboxylic acids is 2. The first kappa shape index (κ1) is 24.1. The summed E-state index contributed by atoms with van der Waals surface area (Å²) in [4.78, 5) is 35.4. The minimum Gasteiger partial charge on any atom is -0.484 e. The number of hydrogen-bond acceptors (Lipinski definition) is 4. The number of carbonyl (C=O) groups is 2. The first-order valence-corrected chi connectivity index (χ1v) is 12.3. The number of pyridine rings is 1.